The van der Waals surface area contributed by atoms with E-state index in [4.69, 9.17) is 0 Å². The fraction of sp³-hybridized carbons (Fsp3) is 0.625. The van der Waals surface area contributed by atoms with Crippen LogP contribution in [0.3, 0.4) is 0 Å². The minimum atomic E-state index is -0.0220. The van der Waals surface area contributed by atoms with Crippen molar-refractivity contribution in [3.8, 4) is 0 Å². The lowest BCUT2D eigenvalue weighted by Crippen LogP contribution is -2.59. The lowest BCUT2D eigenvalue weighted by Gasteiger charge is -2.45. The zero-order chi connectivity index (χ0) is 15.3. The molecule has 116 valence electrons. The monoisotopic (exact) mass is 290 g/mol. The van der Waals surface area contributed by atoms with Gasteiger partial charge in [0.1, 0.15) is 0 Å². The van der Waals surface area contributed by atoms with Crippen LogP contribution in [0.5, 0.6) is 0 Å². The lowest BCUT2D eigenvalue weighted by atomic mass is 9.95. The van der Waals surface area contributed by atoms with Crippen molar-refractivity contribution >= 4 is 5.91 Å². The van der Waals surface area contributed by atoms with Gasteiger partial charge < -0.3 is 10.2 Å². The summed E-state index contributed by atoms with van der Waals surface area (Å²) in [6.45, 7) is 9.41. The Morgan fingerprint density at radius 2 is 1.90 bits per heavy atom. The summed E-state index contributed by atoms with van der Waals surface area (Å²) in [5.41, 5.74) is 0.686. The first kappa shape index (κ1) is 15.9. The van der Waals surface area contributed by atoms with Gasteiger partial charge in [0.2, 0.25) is 0 Å². The molecule has 1 aromatic rings. The molecular formula is C16H26N4O. The molecule has 5 nitrogen and oxygen atoms in total. The summed E-state index contributed by atoms with van der Waals surface area (Å²) in [6, 6.07) is 3.49. The molecule has 0 saturated carbocycles. The van der Waals surface area contributed by atoms with E-state index < -0.39 is 0 Å². The van der Waals surface area contributed by atoms with E-state index in [-0.39, 0.29) is 11.4 Å². The maximum atomic E-state index is 12.2. The highest BCUT2D eigenvalue weighted by molar-refractivity contribution is 5.94. The third-order valence-corrected chi connectivity index (χ3v) is 4.60. The molecule has 1 aliphatic heterocycles. The van der Waals surface area contributed by atoms with Gasteiger partial charge in [-0.25, -0.2) is 0 Å². The smallest absolute Gasteiger partial charge is 0.251 e. The van der Waals surface area contributed by atoms with Gasteiger partial charge in [0.25, 0.3) is 5.91 Å². The molecule has 1 aliphatic rings. The molecule has 21 heavy (non-hydrogen) atoms. The second-order valence-corrected chi connectivity index (χ2v) is 6.06. The molecule has 2 rings (SSSR count). The van der Waals surface area contributed by atoms with E-state index in [9.17, 15) is 4.79 Å². The second kappa shape index (κ2) is 7.00. The lowest BCUT2D eigenvalue weighted by molar-refractivity contribution is 0.0461. The molecule has 1 amide bonds. The van der Waals surface area contributed by atoms with Gasteiger partial charge in [-0.2, -0.15) is 0 Å². The van der Waals surface area contributed by atoms with E-state index in [0.717, 1.165) is 32.6 Å². The molecular weight excluding hydrogens is 264 g/mol. The molecule has 0 aliphatic carbocycles. The Balaban J connectivity index is 1.94. The summed E-state index contributed by atoms with van der Waals surface area (Å²) < 4.78 is 0. The highest BCUT2D eigenvalue weighted by Gasteiger charge is 2.32. The Kier molecular flexibility index (Phi) is 5.31. The number of carbonyl (C=O) groups is 1. The highest BCUT2D eigenvalue weighted by Crippen LogP contribution is 2.20. The Hall–Kier alpha value is -1.46. The predicted molar refractivity (Wildman–Crippen MR) is 84.3 cm³/mol. The largest absolute Gasteiger partial charge is 0.350 e. The van der Waals surface area contributed by atoms with Crippen molar-refractivity contribution in [3.05, 3.63) is 30.1 Å². The van der Waals surface area contributed by atoms with Gasteiger partial charge in [-0.15, -0.1) is 0 Å². The van der Waals surface area contributed by atoms with Crippen LogP contribution in [0.2, 0.25) is 0 Å². The van der Waals surface area contributed by atoms with E-state index in [2.05, 4.69) is 41.0 Å². The van der Waals surface area contributed by atoms with Gasteiger partial charge >= 0.3 is 0 Å². The normalized spacial score (nSPS) is 20.0. The Morgan fingerprint density at radius 3 is 2.48 bits per heavy atom. The van der Waals surface area contributed by atoms with Crippen LogP contribution in [0.1, 0.15) is 30.6 Å². The summed E-state index contributed by atoms with van der Waals surface area (Å²) in [6.07, 6.45) is 4.32. The molecule has 0 aromatic carbocycles. The molecule has 1 aromatic heterocycles. The zero-order valence-corrected chi connectivity index (χ0v) is 13.3. The number of carbonyl (C=O) groups excluding carboxylic acids is 1. The average Bonchev–Trinajstić information content (AvgIpc) is 2.53. The van der Waals surface area contributed by atoms with Gasteiger partial charge in [-0.3, -0.25) is 14.7 Å². The SMILES string of the molecule is CCC(C)(CNC(=O)c1ccncc1)N1CCN(C)CC1. The molecule has 1 N–H and O–H groups in total. The Labute approximate surface area is 127 Å². The molecule has 0 radical (unpaired) electrons. The molecule has 1 fully saturated rings. The number of likely N-dealkylation sites (N-methyl/N-ethyl adjacent to an activating group) is 1. The fourth-order valence-electron chi connectivity index (χ4n) is 2.68. The first-order valence-corrected chi connectivity index (χ1v) is 7.67. The topological polar surface area (TPSA) is 48.5 Å². The number of hydrogen-bond acceptors (Lipinski definition) is 4. The van der Waals surface area contributed by atoms with Crippen molar-refractivity contribution < 1.29 is 4.79 Å². The van der Waals surface area contributed by atoms with Crippen molar-refractivity contribution in [2.45, 2.75) is 25.8 Å². The van der Waals surface area contributed by atoms with Crippen LogP contribution < -0.4 is 5.32 Å². The third-order valence-electron chi connectivity index (χ3n) is 4.60. The Morgan fingerprint density at radius 1 is 1.29 bits per heavy atom. The maximum absolute atomic E-state index is 12.2. The first-order chi connectivity index (χ1) is 10.0. The summed E-state index contributed by atoms with van der Waals surface area (Å²) in [5, 5.41) is 3.08. The third kappa shape index (κ3) is 4.02. The van der Waals surface area contributed by atoms with Crippen LogP contribution >= 0.6 is 0 Å². The van der Waals surface area contributed by atoms with Gasteiger partial charge in [0.15, 0.2) is 0 Å². The Bertz CT molecular complexity index is 457. The van der Waals surface area contributed by atoms with Gasteiger partial charge in [0, 0.05) is 56.2 Å². The van der Waals surface area contributed by atoms with Crippen molar-refractivity contribution in [1.29, 1.82) is 0 Å². The van der Waals surface area contributed by atoms with Crippen LogP contribution in [0.25, 0.3) is 0 Å². The number of amides is 1. The second-order valence-electron chi connectivity index (χ2n) is 6.06. The highest BCUT2D eigenvalue weighted by atomic mass is 16.1. The molecule has 1 saturated heterocycles. The standard InChI is InChI=1S/C16H26N4O/c1-4-16(2,20-11-9-19(3)10-12-20)13-18-15(21)14-5-7-17-8-6-14/h5-8H,4,9-13H2,1-3H3,(H,18,21). The minimum Gasteiger partial charge on any atom is -0.350 e. The molecule has 0 bridgehead atoms. The van der Waals surface area contributed by atoms with Gasteiger partial charge in [-0.05, 0) is 32.5 Å². The maximum Gasteiger partial charge on any atom is 0.251 e. The number of aromatic nitrogens is 1. The number of nitrogens with one attached hydrogen (secondary N) is 1. The van der Waals surface area contributed by atoms with Crippen LogP contribution in [0.4, 0.5) is 0 Å². The van der Waals surface area contributed by atoms with E-state index in [0.29, 0.717) is 12.1 Å². The minimum absolute atomic E-state index is 0.0178. The number of pyridine rings is 1. The number of hydrogen-bond donors (Lipinski definition) is 1. The van der Waals surface area contributed by atoms with Gasteiger partial charge in [0.05, 0.1) is 0 Å². The number of nitrogens with zero attached hydrogens (tertiary/aromatic N) is 3. The molecule has 2 heterocycles. The van der Waals surface area contributed by atoms with Crippen LogP contribution in [-0.2, 0) is 0 Å². The average molecular weight is 290 g/mol. The molecule has 0 spiro atoms. The van der Waals surface area contributed by atoms with E-state index in [1.54, 1.807) is 24.5 Å². The quantitative estimate of drug-likeness (QED) is 0.886. The summed E-state index contributed by atoms with van der Waals surface area (Å²) in [7, 11) is 2.16. The van der Waals surface area contributed by atoms with Crippen molar-refractivity contribution in [3.63, 3.8) is 0 Å². The fourth-order valence-corrected chi connectivity index (χ4v) is 2.68. The van der Waals surface area contributed by atoms with E-state index in [1.165, 1.54) is 0 Å². The van der Waals surface area contributed by atoms with Crippen molar-refractivity contribution in [2.24, 2.45) is 0 Å². The van der Waals surface area contributed by atoms with Crippen molar-refractivity contribution in [2.75, 3.05) is 39.8 Å². The number of rotatable bonds is 5. The zero-order valence-electron chi connectivity index (χ0n) is 13.3. The molecule has 1 atom stereocenters. The molecule has 1 unspecified atom stereocenters. The van der Waals surface area contributed by atoms with E-state index >= 15 is 0 Å². The number of piperazine rings is 1. The van der Waals surface area contributed by atoms with Gasteiger partial charge in [-0.1, -0.05) is 6.92 Å². The van der Waals surface area contributed by atoms with E-state index in [1.807, 2.05) is 0 Å². The van der Waals surface area contributed by atoms with Crippen molar-refractivity contribution in [1.82, 2.24) is 20.1 Å². The summed E-state index contributed by atoms with van der Waals surface area (Å²) in [5.74, 6) is -0.0220. The first-order valence-electron chi connectivity index (χ1n) is 7.67. The summed E-state index contributed by atoms with van der Waals surface area (Å²) in [4.78, 5) is 21.0. The predicted octanol–water partition coefficient (Wildman–Crippen LogP) is 1.23. The molecule has 5 heteroatoms. The van der Waals surface area contributed by atoms with Crippen LogP contribution in [0, 0.1) is 0 Å². The summed E-state index contributed by atoms with van der Waals surface area (Å²) >= 11 is 0. The van der Waals surface area contributed by atoms with Crippen LogP contribution in [-0.4, -0.2) is 66.0 Å². The van der Waals surface area contributed by atoms with Crippen LogP contribution in [0.15, 0.2) is 24.5 Å².